The number of sulfonamides is 1. The quantitative estimate of drug-likeness (QED) is 0.574. The highest BCUT2D eigenvalue weighted by Crippen LogP contribution is 2.22. The molecule has 1 aromatic heterocycles. The first-order valence-electron chi connectivity index (χ1n) is 6.49. The van der Waals surface area contributed by atoms with Gasteiger partial charge in [0.1, 0.15) is 0 Å². The van der Waals surface area contributed by atoms with Crippen LogP contribution in [0.2, 0.25) is 0 Å². The zero-order chi connectivity index (χ0) is 15.3. The van der Waals surface area contributed by atoms with Gasteiger partial charge in [0, 0.05) is 35.6 Å². The lowest BCUT2D eigenvalue weighted by atomic mass is 10.3. The van der Waals surface area contributed by atoms with Crippen LogP contribution >= 0.6 is 15.9 Å². The average Bonchev–Trinajstić information content (AvgIpc) is 2.94. The number of imidazole rings is 1. The Morgan fingerprint density at radius 2 is 2.14 bits per heavy atom. The number of rotatable bonds is 7. The zero-order valence-electron chi connectivity index (χ0n) is 11.4. The molecule has 0 amide bonds. The Hall–Kier alpha value is -1.38. The summed E-state index contributed by atoms with van der Waals surface area (Å²) in [6, 6.07) is 4.56. The summed E-state index contributed by atoms with van der Waals surface area (Å²) in [6.45, 7) is 1.23. The molecular weight excluding hydrogens is 356 g/mol. The summed E-state index contributed by atoms with van der Waals surface area (Å²) < 4.78 is 29.3. The van der Waals surface area contributed by atoms with Gasteiger partial charge >= 0.3 is 0 Å². The fourth-order valence-electron chi connectivity index (χ4n) is 1.80. The maximum Gasteiger partial charge on any atom is 0.240 e. The molecule has 8 heteroatoms. The van der Waals surface area contributed by atoms with E-state index in [0.29, 0.717) is 16.7 Å². The zero-order valence-corrected chi connectivity index (χ0v) is 13.8. The molecule has 0 fully saturated rings. The highest BCUT2D eigenvalue weighted by atomic mass is 79.9. The van der Waals surface area contributed by atoms with Gasteiger partial charge in [-0.2, -0.15) is 0 Å². The summed E-state index contributed by atoms with van der Waals surface area (Å²) in [6.07, 6.45) is 6.99. The van der Waals surface area contributed by atoms with Gasteiger partial charge in [-0.25, -0.2) is 18.1 Å². The maximum atomic E-state index is 12.1. The number of hydrogen-bond donors (Lipinski definition) is 2. The van der Waals surface area contributed by atoms with Gasteiger partial charge < -0.3 is 10.3 Å². The Balaban J connectivity index is 1.82. The highest BCUT2D eigenvalue weighted by molar-refractivity contribution is 9.10. The van der Waals surface area contributed by atoms with E-state index >= 15 is 0 Å². The normalized spacial score (nSPS) is 11.7. The molecule has 21 heavy (non-hydrogen) atoms. The van der Waals surface area contributed by atoms with Gasteiger partial charge in [0.25, 0.3) is 0 Å². The summed E-state index contributed by atoms with van der Waals surface area (Å²) in [7, 11) is -3.49. The van der Waals surface area contributed by atoms with Gasteiger partial charge in [-0.05, 0) is 47.0 Å². The lowest BCUT2D eigenvalue weighted by Gasteiger charge is -2.08. The topological polar surface area (TPSA) is 90.0 Å². The molecule has 0 spiro atoms. The standard InChI is InChI=1S/C13H17BrN4O2S/c14-12-9-11(3-4-13(12)15)21(19,20)17-5-1-2-7-18-8-6-16-10-18/h3-4,6,8-10,17H,1-2,5,7,15H2. The fraction of sp³-hybridized carbons (Fsp3) is 0.308. The monoisotopic (exact) mass is 372 g/mol. The number of halogens is 1. The number of anilines is 1. The molecule has 0 aliphatic carbocycles. The minimum atomic E-state index is -3.49. The Labute approximate surface area is 132 Å². The van der Waals surface area contributed by atoms with E-state index in [1.165, 1.54) is 12.1 Å². The molecule has 6 nitrogen and oxygen atoms in total. The van der Waals surface area contributed by atoms with Crippen LogP contribution in [-0.4, -0.2) is 24.5 Å². The van der Waals surface area contributed by atoms with E-state index < -0.39 is 10.0 Å². The molecule has 0 atom stereocenters. The van der Waals surface area contributed by atoms with Crippen molar-refractivity contribution in [2.24, 2.45) is 0 Å². The van der Waals surface area contributed by atoms with Gasteiger partial charge in [0.15, 0.2) is 0 Å². The molecule has 1 heterocycles. The first kappa shape index (κ1) is 16.0. The van der Waals surface area contributed by atoms with Crippen LogP contribution in [0.1, 0.15) is 12.8 Å². The summed E-state index contributed by atoms with van der Waals surface area (Å²) >= 11 is 3.23. The molecule has 114 valence electrons. The van der Waals surface area contributed by atoms with Crippen molar-refractivity contribution in [3.63, 3.8) is 0 Å². The van der Waals surface area contributed by atoms with Crippen molar-refractivity contribution in [1.82, 2.24) is 14.3 Å². The molecule has 0 saturated carbocycles. The van der Waals surface area contributed by atoms with Crippen LogP contribution in [0.3, 0.4) is 0 Å². The van der Waals surface area contributed by atoms with Crippen LogP contribution in [0, 0.1) is 0 Å². The first-order chi connectivity index (χ1) is 9.99. The number of unbranched alkanes of at least 4 members (excludes halogenated alkanes) is 1. The molecule has 3 N–H and O–H groups in total. The third kappa shape index (κ3) is 4.55. The summed E-state index contributed by atoms with van der Waals surface area (Å²) in [5, 5.41) is 0. The van der Waals surface area contributed by atoms with E-state index in [2.05, 4.69) is 25.6 Å². The molecule has 0 aliphatic heterocycles. The van der Waals surface area contributed by atoms with Gasteiger partial charge in [-0.3, -0.25) is 0 Å². The fourth-order valence-corrected chi connectivity index (χ4v) is 3.43. The second-order valence-corrected chi connectivity index (χ2v) is 7.21. The number of benzene rings is 1. The van der Waals surface area contributed by atoms with Crippen LogP contribution in [0.5, 0.6) is 0 Å². The Morgan fingerprint density at radius 1 is 1.33 bits per heavy atom. The molecule has 0 bridgehead atoms. The SMILES string of the molecule is Nc1ccc(S(=O)(=O)NCCCCn2ccnc2)cc1Br. The smallest absolute Gasteiger partial charge is 0.240 e. The van der Waals surface area contributed by atoms with Crippen molar-refractivity contribution in [2.45, 2.75) is 24.3 Å². The van der Waals surface area contributed by atoms with E-state index in [-0.39, 0.29) is 4.90 Å². The van der Waals surface area contributed by atoms with Crippen LogP contribution < -0.4 is 10.5 Å². The van der Waals surface area contributed by atoms with Crippen molar-refractivity contribution in [2.75, 3.05) is 12.3 Å². The van der Waals surface area contributed by atoms with Crippen LogP contribution in [0.25, 0.3) is 0 Å². The molecule has 2 aromatic rings. The lowest BCUT2D eigenvalue weighted by Crippen LogP contribution is -2.25. The lowest BCUT2D eigenvalue weighted by molar-refractivity contribution is 0.566. The van der Waals surface area contributed by atoms with E-state index in [1.807, 2.05) is 10.8 Å². The van der Waals surface area contributed by atoms with Crippen molar-refractivity contribution in [3.05, 3.63) is 41.4 Å². The van der Waals surface area contributed by atoms with Gasteiger partial charge in [-0.1, -0.05) is 0 Å². The first-order valence-corrected chi connectivity index (χ1v) is 8.77. The van der Waals surface area contributed by atoms with Crippen LogP contribution in [0.15, 0.2) is 46.3 Å². The van der Waals surface area contributed by atoms with Crippen molar-refractivity contribution >= 4 is 31.6 Å². The predicted molar refractivity (Wildman–Crippen MR) is 85.2 cm³/mol. The number of hydrogen-bond acceptors (Lipinski definition) is 4. The third-order valence-corrected chi connectivity index (χ3v) is 5.12. The average molecular weight is 373 g/mol. The maximum absolute atomic E-state index is 12.1. The van der Waals surface area contributed by atoms with Gasteiger partial charge in [-0.15, -0.1) is 0 Å². The second kappa shape index (κ2) is 7.06. The molecule has 0 aliphatic rings. The molecule has 1 aromatic carbocycles. The Kier molecular flexibility index (Phi) is 5.38. The Bertz CT molecular complexity index is 686. The number of nitrogens with zero attached hydrogens (tertiary/aromatic N) is 2. The van der Waals surface area contributed by atoms with E-state index in [4.69, 9.17) is 5.73 Å². The third-order valence-electron chi connectivity index (χ3n) is 2.98. The molecular formula is C13H17BrN4O2S. The molecule has 0 radical (unpaired) electrons. The highest BCUT2D eigenvalue weighted by Gasteiger charge is 2.14. The molecule has 0 unspecified atom stereocenters. The number of nitrogens with two attached hydrogens (primary N) is 1. The molecule has 2 rings (SSSR count). The predicted octanol–water partition coefficient (Wildman–Crippen LogP) is 1.99. The van der Waals surface area contributed by atoms with E-state index in [9.17, 15) is 8.42 Å². The van der Waals surface area contributed by atoms with Crippen molar-refractivity contribution in [3.8, 4) is 0 Å². The van der Waals surface area contributed by atoms with Crippen LogP contribution in [-0.2, 0) is 16.6 Å². The number of nitrogen functional groups attached to an aromatic ring is 1. The van der Waals surface area contributed by atoms with Gasteiger partial charge in [0.05, 0.1) is 11.2 Å². The summed E-state index contributed by atoms with van der Waals surface area (Å²) in [5.41, 5.74) is 6.16. The largest absolute Gasteiger partial charge is 0.398 e. The number of nitrogens with one attached hydrogen (secondary N) is 1. The van der Waals surface area contributed by atoms with E-state index in [0.717, 1.165) is 19.4 Å². The summed E-state index contributed by atoms with van der Waals surface area (Å²) in [5.74, 6) is 0. The minimum Gasteiger partial charge on any atom is -0.398 e. The van der Waals surface area contributed by atoms with Crippen molar-refractivity contribution in [1.29, 1.82) is 0 Å². The van der Waals surface area contributed by atoms with Gasteiger partial charge in [0.2, 0.25) is 10.0 Å². The summed E-state index contributed by atoms with van der Waals surface area (Å²) in [4.78, 5) is 4.16. The minimum absolute atomic E-state index is 0.207. The molecule has 0 saturated heterocycles. The second-order valence-electron chi connectivity index (χ2n) is 4.59. The number of aromatic nitrogens is 2. The number of aryl methyl sites for hydroxylation is 1. The van der Waals surface area contributed by atoms with Crippen LogP contribution in [0.4, 0.5) is 5.69 Å². The van der Waals surface area contributed by atoms with Crippen molar-refractivity contribution < 1.29 is 8.42 Å². The van der Waals surface area contributed by atoms with E-state index in [1.54, 1.807) is 18.6 Å². The Morgan fingerprint density at radius 3 is 2.81 bits per heavy atom.